The van der Waals surface area contributed by atoms with Crippen molar-refractivity contribution in [3.05, 3.63) is 65.0 Å². The van der Waals surface area contributed by atoms with Crippen LogP contribution in [0.3, 0.4) is 0 Å². The Balaban J connectivity index is 1.48. The summed E-state index contributed by atoms with van der Waals surface area (Å²) in [6, 6.07) is 14.3. The topological polar surface area (TPSA) is 21.3 Å². The van der Waals surface area contributed by atoms with Gasteiger partial charge in [-0.25, -0.2) is 0 Å². The zero-order chi connectivity index (χ0) is 17.0. The van der Waals surface area contributed by atoms with Gasteiger partial charge in [0.2, 0.25) is 0 Å². The van der Waals surface area contributed by atoms with Crippen LogP contribution in [0.25, 0.3) is 10.1 Å². The van der Waals surface area contributed by atoms with Gasteiger partial charge in [-0.3, -0.25) is 0 Å². The smallest absolute Gasteiger partial charge is 0.406 e. The summed E-state index contributed by atoms with van der Waals surface area (Å²) in [5, 5.41) is 6.80. The third kappa shape index (κ3) is 4.49. The fourth-order valence-corrected chi connectivity index (χ4v) is 3.45. The second-order valence-electron chi connectivity index (χ2n) is 5.38. The standard InChI is InChI=1S/C18H16F3NOS/c19-18(20,21)23-15-7-5-13(6-8-15)9-10-22-11-14-12-24-17-4-2-1-3-16(14)17/h1-8,12,22H,9-11H2. The maximum absolute atomic E-state index is 12.1. The fraction of sp³-hybridized carbons (Fsp3) is 0.222. The first-order valence-corrected chi connectivity index (χ1v) is 8.40. The minimum absolute atomic E-state index is 0.191. The maximum Gasteiger partial charge on any atom is 0.573 e. The Morgan fingerprint density at radius 2 is 1.75 bits per heavy atom. The van der Waals surface area contributed by atoms with Gasteiger partial charge in [-0.2, -0.15) is 0 Å². The van der Waals surface area contributed by atoms with Crippen LogP contribution in [0.2, 0.25) is 0 Å². The number of fused-ring (bicyclic) bond motifs is 1. The molecule has 1 aromatic heterocycles. The Morgan fingerprint density at radius 1 is 1.00 bits per heavy atom. The highest BCUT2D eigenvalue weighted by Crippen LogP contribution is 2.25. The lowest BCUT2D eigenvalue weighted by Crippen LogP contribution is -2.17. The van der Waals surface area contributed by atoms with E-state index in [1.54, 1.807) is 23.5 Å². The largest absolute Gasteiger partial charge is 0.573 e. The molecule has 3 aromatic rings. The van der Waals surface area contributed by atoms with Gasteiger partial charge in [0.15, 0.2) is 0 Å². The average Bonchev–Trinajstić information content (AvgIpc) is 2.95. The first kappa shape index (κ1) is 16.8. The number of alkyl halides is 3. The average molecular weight is 351 g/mol. The number of nitrogens with one attached hydrogen (secondary N) is 1. The molecule has 0 amide bonds. The van der Waals surface area contributed by atoms with E-state index in [0.717, 1.165) is 25.1 Å². The SMILES string of the molecule is FC(F)(F)Oc1ccc(CCNCc2csc3ccccc23)cc1. The van der Waals surface area contributed by atoms with Crippen molar-refractivity contribution in [2.24, 2.45) is 0 Å². The molecule has 6 heteroatoms. The van der Waals surface area contributed by atoms with Crippen molar-refractivity contribution < 1.29 is 17.9 Å². The molecule has 0 saturated heterocycles. The van der Waals surface area contributed by atoms with Gasteiger partial charge >= 0.3 is 6.36 Å². The number of ether oxygens (including phenoxy) is 1. The molecular formula is C18H16F3NOS. The Kier molecular flexibility index (Phi) is 5.06. The molecule has 0 atom stereocenters. The van der Waals surface area contributed by atoms with Gasteiger partial charge in [0, 0.05) is 11.2 Å². The highest BCUT2D eigenvalue weighted by molar-refractivity contribution is 7.17. The van der Waals surface area contributed by atoms with E-state index in [4.69, 9.17) is 0 Å². The molecule has 0 fully saturated rings. The summed E-state index contributed by atoms with van der Waals surface area (Å²) in [7, 11) is 0. The van der Waals surface area contributed by atoms with Crippen molar-refractivity contribution in [1.82, 2.24) is 5.32 Å². The first-order valence-electron chi connectivity index (χ1n) is 7.52. The molecule has 0 aliphatic rings. The molecule has 1 heterocycles. The molecule has 2 aromatic carbocycles. The second-order valence-corrected chi connectivity index (χ2v) is 6.29. The van der Waals surface area contributed by atoms with Crippen LogP contribution in [0.15, 0.2) is 53.9 Å². The van der Waals surface area contributed by atoms with Crippen LogP contribution in [-0.4, -0.2) is 12.9 Å². The number of rotatable bonds is 6. The van der Waals surface area contributed by atoms with Crippen molar-refractivity contribution in [3.8, 4) is 5.75 Å². The van der Waals surface area contributed by atoms with Crippen LogP contribution < -0.4 is 10.1 Å². The van der Waals surface area contributed by atoms with E-state index >= 15 is 0 Å². The lowest BCUT2D eigenvalue weighted by Gasteiger charge is -2.09. The van der Waals surface area contributed by atoms with Crippen LogP contribution in [0.1, 0.15) is 11.1 Å². The highest BCUT2D eigenvalue weighted by atomic mass is 32.1. The summed E-state index contributed by atoms with van der Waals surface area (Å²) in [4.78, 5) is 0. The number of halogens is 3. The number of benzene rings is 2. The van der Waals surface area contributed by atoms with E-state index in [1.807, 2.05) is 12.1 Å². The van der Waals surface area contributed by atoms with Crippen LogP contribution in [0.5, 0.6) is 5.75 Å². The van der Waals surface area contributed by atoms with E-state index < -0.39 is 6.36 Å². The van der Waals surface area contributed by atoms with E-state index in [2.05, 4.69) is 27.6 Å². The number of hydrogen-bond acceptors (Lipinski definition) is 3. The summed E-state index contributed by atoms with van der Waals surface area (Å²) in [6.07, 6.45) is -3.90. The summed E-state index contributed by atoms with van der Waals surface area (Å²) >= 11 is 1.73. The first-order chi connectivity index (χ1) is 11.5. The normalized spacial score (nSPS) is 11.8. The van der Waals surface area contributed by atoms with Crippen LogP contribution in [-0.2, 0) is 13.0 Å². The molecule has 0 unspecified atom stereocenters. The Labute approximate surface area is 141 Å². The molecule has 1 N–H and O–H groups in total. The van der Waals surface area contributed by atoms with Crippen molar-refractivity contribution >= 4 is 21.4 Å². The van der Waals surface area contributed by atoms with Gasteiger partial charge in [-0.15, -0.1) is 24.5 Å². The van der Waals surface area contributed by atoms with E-state index in [-0.39, 0.29) is 5.75 Å². The van der Waals surface area contributed by atoms with Gasteiger partial charge < -0.3 is 10.1 Å². The monoisotopic (exact) mass is 351 g/mol. The molecule has 24 heavy (non-hydrogen) atoms. The van der Waals surface area contributed by atoms with Crippen molar-refractivity contribution in [2.45, 2.75) is 19.3 Å². The minimum atomic E-state index is -4.65. The molecular weight excluding hydrogens is 335 g/mol. The molecule has 0 spiro atoms. The molecule has 0 bridgehead atoms. The van der Waals surface area contributed by atoms with Gasteiger partial charge in [0.05, 0.1) is 0 Å². The fourth-order valence-electron chi connectivity index (χ4n) is 2.48. The van der Waals surface area contributed by atoms with Crippen molar-refractivity contribution in [3.63, 3.8) is 0 Å². The third-order valence-electron chi connectivity index (χ3n) is 3.62. The Morgan fingerprint density at radius 3 is 2.50 bits per heavy atom. The maximum atomic E-state index is 12.1. The summed E-state index contributed by atoms with van der Waals surface area (Å²) in [5.41, 5.74) is 2.23. The van der Waals surface area contributed by atoms with Gasteiger partial charge in [-0.1, -0.05) is 30.3 Å². The van der Waals surface area contributed by atoms with Gasteiger partial charge in [0.1, 0.15) is 5.75 Å². The quantitative estimate of drug-likeness (QED) is 0.622. The Hall–Kier alpha value is -2.05. The van der Waals surface area contributed by atoms with E-state index in [1.165, 1.54) is 27.8 Å². The van der Waals surface area contributed by atoms with E-state index in [0.29, 0.717) is 0 Å². The van der Waals surface area contributed by atoms with Crippen molar-refractivity contribution in [2.75, 3.05) is 6.54 Å². The highest BCUT2D eigenvalue weighted by Gasteiger charge is 2.30. The van der Waals surface area contributed by atoms with Gasteiger partial charge in [-0.05, 0) is 53.1 Å². The number of thiophene rings is 1. The van der Waals surface area contributed by atoms with Crippen molar-refractivity contribution in [1.29, 1.82) is 0 Å². The molecule has 3 rings (SSSR count). The van der Waals surface area contributed by atoms with Gasteiger partial charge in [0.25, 0.3) is 0 Å². The minimum Gasteiger partial charge on any atom is -0.406 e. The zero-order valence-electron chi connectivity index (χ0n) is 12.8. The molecule has 0 saturated carbocycles. The molecule has 0 aliphatic carbocycles. The summed E-state index contributed by atoms with van der Waals surface area (Å²) in [5.74, 6) is -0.191. The predicted octanol–water partition coefficient (Wildman–Crippen LogP) is 5.13. The molecule has 0 radical (unpaired) electrons. The summed E-state index contributed by atoms with van der Waals surface area (Å²) < 4.78 is 41.4. The zero-order valence-corrected chi connectivity index (χ0v) is 13.6. The van der Waals surface area contributed by atoms with Crippen LogP contribution in [0.4, 0.5) is 13.2 Å². The number of hydrogen-bond donors (Lipinski definition) is 1. The Bertz CT molecular complexity index is 796. The van der Waals surface area contributed by atoms with Crippen LogP contribution in [0, 0.1) is 0 Å². The molecule has 126 valence electrons. The van der Waals surface area contributed by atoms with Crippen LogP contribution >= 0.6 is 11.3 Å². The molecule has 0 aliphatic heterocycles. The third-order valence-corrected chi connectivity index (χ3v) is 4.64. The summed E-state index contributed by atoms with van der Waals surface area (Å²) in [6.45, 7) is 1.53. The predicted molar refractivity (Wildman–Crippen MR) is 90.4 cm³/mol. The second kappa shape index (κ2) is 7.23. The molecule has 2 nitrogen and oxygen atoms in total. The lowest BCUT2D eigenvalue weighted by atomic mass is 10.1. The lowest BCUT2D eigenvalue weighted by molar-refractivity contribution is -0.274. The van der Waals surface area contributed by atoms with E-state index in [9.17, 15) is 13.2 Å².